The van der Waals surface area contributed by atoms with Crippen molar-refractivity contribution in [1.82, 2.24) is 4.72 Å². The first-order valence-electron chi connectivity index (χ1n) is 5.72. The maximum atomic E-state index is 11.9. The molecule has 0 saturated carbocycles. The van der Waals surface area contributed by atoms with Gasteiger partial charge in [0.1, 0.15) is 0 Å². The Labute approximate surface area is 113 Å². The van der Waals surface area contributed by atoms with E-state index in [2.05, 4.69) is 4.72 Å². The molecule has 0 radical (unpaired) electrons. The van der Waals surface area contributed by atoms with Gasteiger partial charge in [-0.3, -0.25) is 0 Å². The Morgan fingerprint density at radius 3 is 2.67 bits per heavy atom. The second-order valence-electron chi connectivity index (χ2n) is 4.01. The number of benzene rings is 1. The van der Waals surface area contributed by atoms with Crippen molar-refractivity contribution in [3.63, 3.8) is 0 Å². The van der Waals surface area contributed by atoms with Gasteiger partial charge in [0.2, 0.25) is 10.0 Å². The van der Waals surface area contributed by atoms with E-state index < -0.39 is 10.0 Å². The molecule has 6 heteroatoms. The van der Waals surface area contributed by atoms with Crippen molar-refractivity contribution in [3.05, 3.63) is 28.8 Å². The minimum Gasteiger partial charge on any atom is -0.385 e. The largest absolute Gasteiger partial charge is 0.385 e. The van der Waals surface area contributed by atoms with Crippen molar-refractivity contribution in [2.45, 2.75) is 24.7 Å². The van der Waals surface area contributed by atoms with E-state index in [0.29, 0.717) is 18.2 Å². The second-order valence-corrected chi connectivity index (χ2v) is 6.18. The zero-order valence-electron chi connectivity index (χ0n) is 10.6. The number of hydrogen-bond acceptors (Lipinski definition) is 3. The van der Waals surface area contributed by atoms with Gasteiger partial charge in [-0.1, -0.05) is 17.7 Å². The van der Waals surface area contributed by atoms with Crippen LogP contribution in [0.5, 0.6) is 0 Å². The quantitative estimate of drug-likeness (QED) is 0.785. The Morgan fingerprint density at radius 2 is 2.06 bits per heavy atom. The molecule has 0 heterocycles. The van der Waals surface area contributed by atoms with Crippen molar-refractivity contribution in [1.29, 1.82) is 0 Å². The minimum atomic E-state index is -3.46. The number of hydrogen-bond donors (Lipinski definition) is 1. The molecule has 1 N–H and O–H groups in total. The van der Waals surface area contributed by atoms with Gasteiger partial charge in [-0.2, -0.15) is 0 Å². The van der Waals surface area contributed by atoms with Gasteiger partial charge < -0.3 is 4.74 Å². The highest BCUT2D eigenvalue weighted by molar-refractivity contribution is 7.89. The van der Waals surface area contributed by atoms with Gasteiger partial charge in [0, 0.05) is 25.3 Å². The average molecular weight is 292 g/mol. The van der Waals surface area contributed by atoms with Crippen molar-refractivity contribution in [2.24, 2.45) is 0 Å². The van der Waals surface area contributed by atoms with E-state index in [9.17, 15) is 8.42 Å². The minimum absolute atomic E-state index is 0.199. The zero-order chi connectivity index (χ0) is 13.6. The molecule has 0 saturated heterocycles. The number of unbranched alkanes of at least 4 members (excludes halogenated alkanes) is 1. The molecule has 18 heavy (non-hydrogen) atoms. The number of ether oxygens (including phenoxy) is 1. The number of nitrogens with one attached hydrogen (secondary N) is 1. The van der Waals surface area contributed by atoms with E-state index in [1.165, 1.54) is 6.07 Å². The summed E-state index contributed by atoms with van der Waals surface area (Å²) in [7, 11) is -1.84. The Balaban J connectivity index is 2.60. The van der Waals surface area contributed by atoms with Crippen molar-refractivity contribution in [3.8, 4) is 0 Å². The van der Waals surface area contributed by atoms with Crippen LogP contribution in [0, 0.1) is 6.92 Å². The molecule has 0 aliphatic heterocycles. The summed E-state index contributed by atoms with van der Waals surface area (Å²) in [6, 6.07) is 4.72. The number of rotatable bonds is 7. The molecule has 0 spiro atoms. The van der Waals surface area contributed by atoms with Crippen LogP contribution in [0.25, 0.3) is 0 Å². The van der Waals surface area contributed by atoms with E-state index in [1.807, 2.05) is 6.92 Å². The molecule has 102 valence electrons. The lowest BCUT2D eigenvalue weighted by atomic mass is 10.2. The van der Waals surface area contributed by atoms with Gasteiger partial charge in [0.05, 0.1) is 4.90 Å². The summed E-state index contributed by atoms with van der Waals surface area (Å²) < 4.78 is 31.3. The molecule has 1 aromatic rings. The molecule has 1 aromatic carbocycles. The number of sulfonamides is 1. The highest BCUT2D eigenvalue weighted by Crippen LogP contribution is 2.19. The lowest BCUT2D eigenvalue weighted by molar-refractivity contribution is 0.193. The van der Waals surface area contributed by atoms with Gasteiger partial charge in [-0.25, -0.2) is 13.1 Å². The second kappa shape index (κ2) is 7.09. The molecule has 0 unspecified atom stereocenters. The molecule has 1 rings (SSSR count). The number of aryl methyl sites for hydroxylation is 1. The summed E-state index contributed by atoms with van der Waals surface area (Å²) in [5.74, 6) is 0. The van der Waals surface area contributed by atoms with Crippen LogP contribution in [0.15, 0.2) is 23.1 Å². The lowest BCUT2D eigenvalue weighted by Gasteiger charge is -2.07. The maximum absolute atomic E-state index is 11.9. The molecular weight excluding hydrogens is 274 g/mol. The smallest absolute Gasteiger partial charge is 0.240 e. The Hall–Kier alpha value is -0.620. The van der Waals surface area contributed by atoms with Gasteiger partial charge in [-0.15, -0.1) is 0 Å². The molecule has 0 aliphatic carbocycles. The fourth-order valence-corrected chi connectivity index (χ4v) is 2.75. The van der Waals surface area contributed by atoms with Gasteiger partial charge in [-0.05, 0) is 37.5 Å². The van der Waals surface area contributed by atoms with Crippen LogP contribution in [-0.4, -0.2) is 28.7 Å². The maximum Gasteiger partial charge on any atom is 0.240 e. The van der Waals surface area contributed by atoms with E-state index in [0.717, 1.165) is 18.4 Å². The highest BCUT2D eigenvalue weighted by Gasteiger charge is 2.14. The van der Waals surface area contributed by atoms with Crippen LogP contribution in [0.4, 0.5) is 0 Å². The first-order valence-corrected chi connectivity index (χ1v) is 7.58. The topological polar surface area (TPSA) is 55.4 Å². The molecule has 0 atom stereocenters. The van der Waals surface area contributed by atoms with E-state index in [4.69, 9.17) is 16.3 Å². The standard InChI is InChI=1S/C12H18ClNO3S/c1-10-5-6-11(9-12(10)13)18(15,16)14-7-3-4-8-17-2/h5-6,9,14H,3-4,7-8H2,1-2H3. The summed E-state index contributed by atoms with van der Waals surface area (Å²) in [5.41, 5.74) is 0.857. The van der Waals surface area contributed by atoms with Crippen LogP contribution < -0.4 is 4.72 Å². The fraction of sp³-hybridized carbons (Fsp3) is 0.500. The Morgan fingerprint density at radius 1 is 1.33 bits per heavy atom. The van der Waals surface area contributed by atoms with Crippen LogP contribution in [0.1, 0.15) is 18.4 Å². The summed E-state index contributed by atoms with van der Waals surface area (Å²) >= 11 is 5.91. The predicted molar refractivity (Wildman–Crippen MR) is 72.5 cm³/mol. The summed E-state index contributed by atoms with van der Waals surface area (Å²) in [4.78, 5) is 0.199. The van der Waals surface area contributed by atoms with Crippen LogP contribution in [-0.2, 0) is 14.8 Å². The zero-order valence-corrected chi connectivity index (χ0v) is 12.1. The van der Waals surface area contributed by atoms with E-state index >= 15 is 0 Å². The van der Waals surface area contributed by atoms with Crippen molar-refractivity contribution < 1.29 is 13.2 Å². The first-order chi connectivity index (χ1) is 8.47. The molecular formula is C12H18ClNO3S. The van der Waals surface area contributed by atoms with E-state index in [1.54, 1.807) is 19.2 Å². The van der Waals surface area contributed by atoms with Crippen LogP contribution in [0.3, 0.4) is 0 Å². The highest BCUT2D eigenvalue weighted by atomic mass is 35.5. The molecule has 0 bridgehead atoms. The number of methoxy groups -OCH3 is 1. The van der Waals surface area contributed by atoms with Crippen molar-refractivity contribution >= 4 is 21.6 Å². The monoisotopic (exact) mass is 291 g/mol. The lowest BCUT2D eigenvalue weighted by Crippen LogP contribution is -2.25. The van der Waals surface area contributed by atoms with Crippen molar-refractivity contribution in [2.75, 3.05) is 20.3 Å². The summed E-state index contributed by atoms with van der Waals surface area (Å²) in [6.07, 6.45) is 1.57. The third kappa shape index (κ3) is 4.57. The molecule has 0 fully saturated rings. The Bertz CT molecular complexity index is 488. The predicted octanol–water partition coefficient (Wildman–Crippen LogP) is 2.35. The molecule has 0 amide bonds. The SMILES string of the molecule is COCCCCNS(=O)(=O)c1ccc(C)c(Cl)c1. The average Bonchev–Trinajstić information content (AvgIpc) is 2.32. The number of halogens is 1. The van der Waals surface area contributed by atoms with Gasteiger partial charge in [0.25, 0.3) is 0 Å². The summed E-state index contributed by atoms with van der Waals surface area (Å²) in [6.45, 7) is 2.87. The normalized spacial score (nSPS) is 11.7. The molecule has 0 aromatic heterocycles. The molecule has 4 nitrogen and oxygen atoms in total. The third-order valence-electron chi connectivity index (χ3n) is 2.52. The van der Waals surface area contributed by atoms with Gasteiger partial charge >= 0.3 is 0 Å². The van der Waals surface area contributed by atoms with E-state index in [-0.39, 0.29) is 4.90 Å². The van der Waals surface area contributed by atoms with Crippen LogP contribution >= 0.6 is 11.6 Å². The van der Waals surface area contributed by atoms with Gasteiger partial charge in [0.15, 0.2) is 0 Å². The first kappa shape index (κ1) is 15.4. The third-order valence-corrected chi connectivity index (χ3v) is 4.39. The fourth-order valence-electron chi connectivity index (χ4n) is 1.40. The Kier molecular flexibility index (Phi) is 6.08. The molecule has 0 aliphatic rings. The van der Waals surface area contributed by atoms with Crippen LogP contribution in [0.2, 0.25) is 5.02 Å². The summed E-state index contributed by atoms with van der Waals surface area (Å²) in [5, 5.41) is 0.456.